The van der Waals surface area contributed by atoms with E-state index in [0.29, 0.717) is 40.5 Å². The minimum absolute atomic E-state index is 0. The number of piperidine rings is 1. The van der Waals surface area contributed by atoms with Crippen molar-refractivity contribution in [3.8, 4) is 0 Å². The maximum absolute atomic E-state index is 13.6. The van der Waals surface area contributed by atoms with Crippen LogP contribution in [0, 0.1) is 0 Å². The fourth-order valence-corrected chi connectivity index (χ4v) is 8.01. The summed E-state index contributed by atoms with van der Waals surface area (Å²) in [6.07, 6.45) is 3.82. The molecule has 2 aromatic carbocycles. The Morgan fingerprint density at radius 3 is 2.34 bits per heavy atom. The number of hydrogen-bond acceptors (Lipinski definition) is 8. The lowest BCUT2D eigenvalue weighted by molar-refractivity contribution is 0.0985. The largest absolute Gasteiger partial charge is 0.308 e. The number of likely N-dealkylation sites (N-methyl/N-ethyl adjacent to an activating group) is 1. The summed E-state index contributed by atoms with van der Waals surface area (Å²) in [7, 11) is -3.36. The summed E-state index contributed by atoms with van der Waals surface area (Å²) in [5, 5.41) is 0.386. The van der Waals surface area contributed by atoms with E-state index in [1.807, 2.05) is 25.9 Å². The van der Waals surface area contributed by atoms with E-state index < -0.39 is 19.9 Å². The zero-order valence-corrected chi connectivity index (χ0v) is 25.1. The van der Waals surface area contributed by atoms with Gasteiger partial charge in [-0.05, 0) is 70.3 Å². The first-order valence-electron chi connectivity index (χ1n) is 12.1. The molecule has 1 fully saturated rings. The predicted molar refractivity (Wildman–Crippen MR) is 154 cm³/mol. The predicted octanol–water partition coefficient (Wildman–Crippen LogP) is 3.89. The molecule has 1 aliphatic heterocycles. The number of aromatic nitrogens is 1. The molecule has 4 rings (SSSR count). The van der Waals surface area contributed by atoms with E-state index >= 15 is 0 Å². The molecule has 9 nitrogen and oxygen atoms in total. The van der Waals surface area contributed by atoms with Crippen molar-refractivity contribution in [3.63, 3.8) is 0 Å². The molecule has 208 valence electrons. The van der Waals surface area contributed by atoms with Gasteiger partial charge in [0.1, 0.15) is 5.52 Å². The van der Waals surface area contributed by atoms with Gasteiger partial charge in [-0.25, -0.2) is 21.8 Å². The maximum atomic E-state index is 13.6. The van der Waals surface area contributed by atoms with Crippen molar-refractivity contribution >= 4 is 64.9 Å². The number of nitrogens with zero attached hydrogens (tertiary/aromatic N) is 4. The van der Waals surface area contributed by atoms with Crippen LogP contribution in [0.5, 0.6) is 0 Å². The van der Waals surface area contributed by atoms with E-state index in [9.17, 15) is 21.6 Å². The van der Waals surface area contributed by atoms with Gasteiger partial charge in [0.15, 0.2) is 15.0 Å². The van der Waals surface area contributed by atoms with Crippen LogP contribution >= 0.6 is 23.7 Å². The standard InChI is InChI=1S/C25H32N4O5S3.ClH/c1-18-8-5-6-15-29(18)37(33,34)20-13-11-19(12-14-20)24(30)28(17-16-27(2)3)25-26-23-21(35-25)9-7-10-22(23)36(4,31)32;/h7,9-14,18H,5-6,8,15-17H2,1-4H3;1H. The third kappa shape index (κ3) is 6.37. The van der Waals surface area contributed by atoms with Crippen LogP contribution in [-0.2, 0) is 19.9 Å². The molecule has 0 saturated carbocycles. The van der Waals surface area contributed by atoms with Crippen LogP contribution in [-0.4, -0.2) is 83.0 Å². The Balaban J connectivity index is 0.00000400. The van der Waals surface area contributed by atoms with Crippen LogP contribution in [0.3, 0.4) is 0 Å². The summed E-state index contributed by atoms with van der Waals surface area (Å²) in [4.78, 5) is 21.9. The van der Waals surface area contributed by atoms with Gasteiger partial charge in [0.2, 0.25) is 10.0 Å². The van der Waals surface area contributed by atoms with Crippen LogP contribution in [0.25, 0.3) is 10.2 Å². The van der Waals surface area contributed by atoms with E-state index in [1.54, 1.807) is 12.1 Å². The average molecular weight is 601 g/mol. The molecule has 1 atom stereocenters. The Labute approximate surface area is 234 Å². The zero-order chi connectivity index (χ0) is 27.0. The van der Waals surface area contributed by atoms with Gasteiger partial charge in [0.05, 0.1) is 14.5 Å². The first kappa shape index (κ1) is 30.5. The number of carbonyl (C=O) groups excluding carboxylic acids is 1. The minimum atomic E-state index is -3.65. The quantitative estimate of drug-likeness (QED) is 0.386. The Morgan fingerprint density at radius 2 is 1.74 bits per heavy atom. The van der Waals surface area contributed by atoms with Gasteiger partial charge < -0.3 is 4.90 Å². The molecule has 0 radical (unpaired) electrons. The lowest BCUT2D eigenvalue weighted by Crippen LogP contribution is -2.41. The van der Waals surface area contributed by atoms with Gasteiger partial charge >= 0.3 is 0 Å². The summed E-state index contributed by atoms with van der Waals surface area (Å²) in [5.41, 5.74) is 0.664. The van der Waals surface area contributed by atoms with Crippen molar-refractivity contribution in [1.82, 2.24) is 14.2 Å². The molecule has 0 aliphatic carbocycles. The van der Waals surface area contributed by atoms with Gasteiger partial charge in [0.25, 0.3) is 5.91 Å². The number of fused-ring (bicyclic) bond motifs is 1. The van der Waals surface area contributed by atoms with Gasteiger partial charge in [-0.15, -0.1) is 12.4 Å². The Morgan fingerprint density at radius 1 is 1.05 bits per heavy atom. The lowest BCUT2D eigenvalue weighted by Gasteiger charge is -2.32. The molecule has 0 spiro atoms. The topological polar surface area (TPSA) is 108 Å². The first-order valence-corrected chi connectivity index (χ1v) is 16.2. The number of sulfonamides is 1. The Bertz CT molecular complexity index is 1510. The summed E-state index contributed by atoms with van der Waals surface area (Å²) in [6, 6.07) is 10.9. The molecule has 2 heterocycles. The second kappa shape index (κ2) is 12.0. The minimum Gasteiger partial charge on any atom is -0.308 e. The molecule has 3 aromatic rings. The van der Waals surface area contributed by atoms with Crippen molar-refractivity contribution in [1.29, 1.82) is 0 Å². The van der Waals surface area contributed by atoms with Crippen molar-refractivity contribution in [2.75, 3.05) is 44.9 Å². The Hall–Kier alpha value is -2.09. The first-order chi connectivity index (χ1) is 17.4. The van der Waals surface area contributed by atoms with Gasteiger partial charge in [-0.2, -0.15) is 4.31 Å². The van der Waals surface area contributed by atoms with Crippen LogP contribution in [0.2, 0.25) is 0 Å². The van der Waals surface area contributed by atoms with Crippen molar-refractivity contribution in [2.24, 2.45) is 0 Å². The van der Waals surface area contributed by atoms with E-state index in [0.717, 1.165) is 25.5 Å². The summed E-state index contributed by atoms with van der Waals surface area (Å²) in [6.45, 7) is 3.30. The van der Waals surface area contributed by atoms with E-state index in [4.69, 9.17) is 0 Å². The van der Waals surface area contributed by atoms with Crippen molar-refractivity contribution < 1.29 is 21.6 Å². The second-order valence-electron chi connectivity index (χ2n) is 9.62. The maximum Gasteiger partial charge on any atom is 0.260 e. The van der Waals surface area contributed by atoms with Gasteiger partial charge in [-0.3, -0.25) is 9.69 Å². The molecule has 1 aliphatic rings. The summed E-state index contributed by atoms with van der Waals surface area (Å²) >= 11 is 1.25. The fraction of sp³-hybridized carbons (Fsp3) is 0.440. The number of para-hydroxylation sites is 1. The van der Waals surface area contributed by atoms with E-state index in [1.165, 1.54) is 50.9 Å². The number of amides is 1. The smallest absolute Gasteiger partial charge is 0.260 e. The number of benzene rings is 2. The second-order valence-corrected chi connectivity index (χ2v) is 14.5. The highest BCUT2D eigenvalue weighted by Gasteiger charge is 2.31. The molecule has 13 heteroatoms. The number of halogens is 1. The third-order valence-electron chi connectivity index (χ3n) is 6.47. The molecule has 1 unspecified atom stereocenters. The van der Waals surface area contributed by atoms with E-state index in [2.05, 4.69) is 4.98 Å². The normalized spacial score (nSPS) is 16.9. The number of anilines is 1. The number of carbonyl (C=O) groups is 1. The molecule has 1 saturated heterocycles. The number of sulfone groups is 1. The molecule has 1 amide bonds. The molecular formula is C25H33ClN4O5S3. The number of thiazole rings is 1. The molecule has 0 bridgehead atoms. The monoisotopic (exact) mass is 600 g/mol. The average Bonchev–Trinajstić information content (AvgIpc) is 3.27. The van der Waals surface area contributed by atoms with Crippen LogP contribution in [0.1, 0.15) is 36.5 Å². The molecule has 38 heavy (non-hydrogen) atoms. The van der Waals surface area contributed by atoms with E-state index in [-0.39, 0.29) is 34.1 Å². The lowest BCUT2D eigenvalue weighted by atomic mass is 10.1. The van der Waals surface area contributed by atoms with Crippen LogP contribution < -0.4 is 4.90 Å². The highest BCUT2D eigenvalue weighted by molar-refractivity contribution is 7.91. The fourth-order valence-electron chi connectivity index (χ4n) is 4.40. The SMILES string of the molecule is CC1CCCCN1S(=O)(=O)c1ccc(C(=O)N(CCN(C)C)c2nc3c(S(C)(=O)=O)cccc3s2)cc1.Cl. The zero-order valence-electron chi connectivity index (χ0n) is 21.8. The Kier molecular flexibility index (Phi) is 9.59. The molecule has 1 aromatic heterocycles. The van der Waals surface area contributed by atoms with Crippen molar-refractivity contribution in [3.05, 3.63) is 48.0 Å². The summed E-state index contributed by atoms with van der Waals surface area (Å²) < 4.78 is 53.1. The van der Waals surface area contributed by atoms with Crippen LogP contribution in [0.4, 0.5) is 5.13 Å². The number of hydrogen-bond donors (Lipinski definition) is 0. The molecule has 0 N–H and O–H groups in total. The highest BCUT2D eigenvalue weighted by atomic mass is 35.5. The molecular weight excluding hydrogens is 568 g/mol. The summed E-state index contributed by atoms with van der Waals surface area (Å²) in [5.74, 6) is -0.336. The van der Waals surface area contributed by atoms with Crippen molar-refractivity contribution in [2.45, 2.75) is 42.0 Å². The highest BCUT2D eigenvalue weighted by Crippen LogP contribution is 2.33. The number of rotatable bonds is 8. The third-order valence-corrected chi connectivity index (χ3v) is 10.7. The van der Waals surface area contributed by atoms with Crippen LogP contribution in [0.15, 0.2) is 52.3 Å². The van der Waals surface area contributed by atoms with Gasteiger partial charge in [-0.1, -0.05) is 23.8 Å². The van der Waals surface area contributed by atoms with Gasteiger partial charge in [0, 0.05) is 37.5 Å².